The third-order valence-electron chi connectivity index (χ3n) is 4.89. The van der Waals surface area contributed by atoms with Gasteiger partial charge in [-0.2, -0.15) is 0 Å². The summed E-state index contributed by atoms with van der Waals surface area (Å²) >= 11 is 0. The molecule has 5 nitrogen and oxygen atoms in total. The molecule has 2 aromatic carbocycles. The van der Waals surface area contributed by atoms with Crippen molar-refractivity contribution in [3.8, 4) is 11.1 Å². The van der Waals surface area contributed by atoms with Gasteiger partial charge in [0.15, 0.2) is 0 Å². The summed E-state index contributed by atoms with van der Waals surface area (Å²) in [6.45, 7) is 0.565. The molecule has 1 aliphatic heterocycles. The van der Waals surface area contributed by atoms with Crippen molar-refractivity contribution in [2.75, 3.05) is 11.9 Å². The average Bonchev–Trinajstić information content (AvgIpc) is 3.19. The van der Waals surface area contributed by atoms with E-state index in [2.05, 4.69) is 17.4 Å². The van der Waals surface area contributed by atoms with Crippen LogP contribution in [0.25, 0.3) is 11.1 Å². The van der Waals surface area contributed by atoms with Crippen LogP contribution in [0.5, 0.6) is 0 Å². The largest absolute Gasteiger partial charge is 0.368 e. The SMILES string of the molecule is NC(=O)[C@H]1CCCN1C(=O)Nc1ccc2c(c1)Cc1ccccc1-2. The van der Waals surface area contributed by atoms with Crippen molar-refractivity contribution in [3.63, 3.8) is 0 Å². The van der Waals surface area contributed by atoms with E-state index in [-0.39, 0.29) is 6.03 Å². The predicted molar refractivity (Wildman–Crippen MR) is 92.6 cm³/mol. The second-order valence-electron chi connectivity index (χ2n) is 6.39. The van der Waals surface area contributed by atoms with Crippen LogP contribution in [-0.4, -0.2) is 29.4 Å². The lowest BCUT2D eigenvalue weighted by Gasteiger charge is -2.22. The minimum absolute atomic E-state index is 0.258. The number of hydrogen-bond acceptors (Lipinski definition) is 2. The Kier molecular flexibility index (Phi) is 3.49. The molecule has 0 bridgehead atoms. The fourth-order valence-corrected chi connectivity index (χ4v) is 3.72. The van der Waals surface area contributed by atoms with Crippen LogP contribution in [0.3, 0.4) is 0 Å². The van der Waals surface area contributed by atoms with Gasteiger partial charge in [-0.15, -0.1) is 0 Å². The molecule has 1 fully saturated rings. The zero-order valence-electron chi connectivity index (χ0n) is 13.3. The molecule has 3 amide bonds. The third-order valence-corrected chi connectivity index (χ3v) is 4.89. The molecular formula is C19H19N3O2. The number of carbonyl (C=O) groups excluding carboxylic acids is 2. The van der Waals surface area contributed by atoms with Crippen molar-refractivity contribution in [1.82, 2.24) is 4.90 Å². The standard InChI is InChI=1S/C19H19N3O2/c20-18(23)17-6-3-9-22(17)19(24)21-14-7-8-16-13(11-14)10-12-4-1-2-5-15(12)16/h1-2,4-5,7-8,11,17H,3,6,9-10H2,(H2,20,23)(H,21,24)/t17-/m1/s1. The summed E-state index contributed by atoms with van der Waals surface area (Å²) in [5.41, 5.74) is 11.1. The fourth-order valence-electron chi connectivity index (χ4n) is 3.72. The molecule has 0 saturated carbocycles. The zero-order valence-corrected chi connectivity index (χ0v) is 13.3. The Hall–Kier alpha value is -2.82. The molecule has 1 aliphatic carbocycles. The smallest absolute Gasteiger partial charge is 0.322 e. The Balaban J connectivity index is 1.54. The lowest BCUT2D eigenvalue weighted by Crippen LogP contribution is -2.45. The van der Waals surface area contributed by atoms with E-state index in [0.29, 0.717) is 13.0 Å². The maximum Gasteiger partial charge on any atom is 0.322 e. The van der Waals surface area contributed by atoms with Gasteiger partial charge in [-0.1, -0.05) is 30.3 Å². The molecule has 0 spiro atoms. The molecule has 2 aliphatic rings. The quantitative estimate of drug-likeness (QED) is 0.761. The number of urea groups is 1. The van der Waals surface area contributed by atoms with Crippen molar-refractivity contribution in [2.24, 2.45) is 5.73 Å². The van der Waals surface area contributed by atoms with Gasteiger partial charge < -0.3 is 16.0 Å². The number of anilines is 1. The Morgan fingerprint density at radius 2 is 1.88 bits per heavy atom. The molecule has 0 radical (unpaired) electrons. The number of nitrogens with one attached hydrogen (secondary N) is 1. The van der Waals surface area contributed by atoms with Gasteiger partial charge in [0.05, 0.1) is 0 Å². The highest BCUT2D eigenvalue weighted by Crippen LogP contribution is 2.37. The van der Waals surface area contributed by atoms with Gasteiger partial charge in [-0.25, -0.2) is 4.79 Å². The second kappa shape index (κ2) is 5.67. The van der Waals surface area contributed by atoms with Crippen molar-refractivity contribution < 1.29 is 9.59 Å². The van der Waals surface area contributed by atoms with E-state index >= 15 is 0 Å². The normalized spacial score (nSPS) is 18.2. The number of hydrogen-bond donors (Lipinski definition) is 2. The van der Waals surface area contributed by atoms with Crippen LogP contribution < -0.4 is 11.1 Å². The predicted octanol–water partition coefficient (Wildman–Crippen LogP) is 2.74. The average molecular weight is 321 g/mol. The molecule has 1 atom stereocenters. The molecule has 0 unspecified atom stereocenters. The van der Waals surface area contributed by atoms with Gasteiger partial charge >= 0.3 is 6.03 Å². The van der Waals surface area contributed by atoms with Gasteiger partial charge in [0, 0.05) is 12.2 Å². The summed E-state index contributed by atoms with van der Waals surface area (Å²) < 4.78 is 0. The van der Waals surface area contributed by atoms with E-state index in [1.165, 1.54) is 27.2 Å². The van der Waals surface area contributed by atoms with E-state index in [1.807, 2.05) is 30.3 Å². The highest BCUT2D eigenvalue weighted by Gasteiger charge is 2.32. The first kappa shape index (κ1) is 14.8. The number of rotatable bonds is 2. The van der Waals surface area contributed by atoms with Crippen LogP contribution in [0.1, 0.15) is 24.0 Å². The topological polar surface area (TPSA) is 75.4 Å². The van der Waals surface area contributed by atoms with Crippen LogP contribution in [0, 0.1) is 0 Å². The molecule has 3 N–H and O–H groups in total. The van der Waals surface area contributed by atoms with E-state index in [0.717, 1.165) is 18.5 Å². The molecule has 4 rings (SSSR count). The number of amides is 3. The van der Waals surface area contributed by atoms with Crippen molar-refractivity contribution >= 4 is 17.6 Å². The van der Waals surface area contributed by atoms with Crippen LogP contribution in [-0.2, 0) is 11.2 Å². The van der Waals surface area contributed by atoms with Crippen molar-refractivity contribution in [2.45, 2.75) is 25.3 Å². The van der Waals surface area contributed by atoms with Crippen molar-refractivity contribution in [3.05, 3.63) is 53.6 Å². The number of fused-ring (bicyclic) bond motifs is 3. The van der Waals surface area contributed by atoms with Crippen molar-refractivity contribution in [1.29, 1.82) is 0 Å². The third kappa shape index (κ3) is 2.42. The molecular weight excluding hydrogens is 302 g/mol. The number of carbonyl (C=O) groups is 2. The summed E-state index contributed by atoms with van der Waals surface area (Å²) in [5.74, 6) is -0.438. The van der Waals surface area contributed by atoms with Gasteiger partial charge in [0.25, 0.3) is 0 Å². The lowest BCUT2D eigenvalue weighted by molar-refractivity contribution is -0.121. The van der Waals surface area contributed by atoms with E-state index in [1.54, 1.807) is 0 Å². The first-order chi connectivity index (χ1) is 11.6. The fraction of sp³-hybridized carbons (Fsp3) is 0.263. The summed E-state index contributed by atoms with van der Waals surface area (Å²) in [4.78, 5) is 25.4. The lowest BCUT2D eigenvalue weighted by atomic mass is 10.1. The first-order valence-electron chi connectivity index (χ1n) is 8.21. The van der Waals surface area contributed by atoms with Crippen LogP contribution in [0.4, 0.5) is 10.5 Å². The Morgan fingerprint density at radius 1 is 1.08 bits per heavy atom. The Labute approximate surface area is 140 Å². The molecule has 0 aromatic heterocycles. The number of nitrogens with zero attached hydrogens (tertiary/aromatic N) is 1. The minimum Gasteiger partial charge on any atom is -0.368 e. The first-order valence-corrected chi connectivity index (χ1v) is 8.21. The molecule has 122 valence electrons. The number of likely N-dealkylation sites (tertiary alicyclic amines) is 1. The van der Waals surface area contributed by atoms with E-state index < -0.39 is 11.9 Å². The molecule has 24 heavy (non-hydrogen) atoms. The van der Waals surface area contributed by atoms with Gasteiger partial charge in [-0.05, 0) is 53.6 Å². The van der Waals surface area contributed by atoms with Gasteiger partial charge in [-0.3, -0.25) is 4.79 Å². The Bertz CT molecular complexity index is 831. The maximum absolute atomic E-state index is 12.5. The second-order valence-corrected chi connectivity index (χ2v) is 6.39. The minimum atomic E-state index is -0.497. The van der Waals surface area contributed by atoms with Crippen LogP contribution in [0.2, 0.25) is 0 Å². The summed E-state index contributed by atoms with van der Waals surface area (Å²) in [6, 6.07) is 13.6. The van der Waals surface area contributed by atoms with Crippen LogP contribution in [0.15, 0.2) is 42.5 Å². The molecule has 5 heteroatoms. The van der Waals surface area contributed by atoms with Crippen LogP contribution >= 0.6 is 0 Å². The van der Waals surface area contributed by atoms with Gasteiger partial charge in [0.2, 0.25) is 5.91 Å². The Morgan fingerprint density at radius 3 is 2.71 bits per heavy atom. The van der Waals surface area contributed by atoms with E-state index in [9.17, 15) is 9.59 Å². The molecule has 1 saturated heterocycles. The number of nitrogens with two attached hydrogens (primary N) is 1. The number of primary amides is 1. The highest BCUT2D eigenvalue weighted by molar-refractivity contribution is 5.94. The maximum atomic E-state index is 12.5. The number of benzene rings is 2. The summed E-state index contributed by atoms with van der Waals surface area (Å²) in [5, 5.41) is 2.90. The molecule has 2 aromatic rings. The summed E-state index contributed by atoms with van der Waals surface area (Å²) in [6.07, 6.45) is 2.33. The summed E-state index contributed by atoms with van der Waals surface area (Å²) in [7, 11) is 0. The monoisotopic (exact) mass is 321 g/mol. The van der Waals surface area contributed by atoms with Gasteiger partial charge in [0.1, 0.15) is 6.04 Å². The van der Waals surface area contributed by atoms with E-state index in [4.69, 9.17) is 5.73 Å². The molecule has 1 heterocycles. The zero-order chi connectivity index (χ0) is 16.7. The highest BCUT2D eigenvalue weighted by atomic mass is 16.2.